The highest BCUT2D eigenvalue weighted by molar-refractivity contribution is 7.59. The second kappa shape index (κ2) is 21.5. The highest BCUT2D eigenvalue weighted by Gasteiger charge is 2.37. The lowest BCUT2D eigenvalue weighted by Crippen LogP contribution is -2.57. The number of esters is 2. The smallest absolute Gasteiger partial charge is 0.409 e. The van der Waals surface area contributed by atoms with Gasteiger partial charge in [-0.2, -0.15) is 0 Å². The number of hydrogen-bond donors (Lipinski definition) is 3. The molecule has 19 heteroatoms. The summed E-state index contributed by atoms with van der Waals surface area (Å²) in [5.41, 5.74) is 0.656. The number of benzene rings is 1. The predicted molar refractivity (Wildman–Crippen MR) is 203 cm³/mol. The van der Waals surface area contributed by atoms with Crippen molar-refractivity contribution < 1.29 is 47.5 Å². The minimum absolute atomic E-state index is 0.0133. The van der Waals surface area contributed by atoms with Gasteiger partial charge in [-0.3, -0.25) is 33.9 Å². The molecule has 1 aromatic carbocycles. The van der Waals surface area contributed by atoms with Crippen LogP contribution >= 0.6 is 7.44 Å². The van der Waals surface area contributed by atoms with Crippen molar-refractivity contribution in [3.63, 3.8) is 0 Å². The molecule has 2 atom stereocenters. The number of anilines is 1. The van der Waals surface area contributed by atoms with Crippen LogP contribution in [-0.4, -0.2) is 148 Å². The van der Waals surface area contributed by atoms with E-state index in [0.29, 0.717) is 36.9 Å². The molecule has 0 aliphatic carbocycles. The maximum absolute atomic E-state index is 14.5. The van der Waals surface area contributed by atoms with Crippen LogP contribution in [0.15, 0.2) is 36.4 Å². The van der Waals surface area contributed by atoms with E-state index < -0.39 is 49.5 Å². The molecule has 2 fully saturated rings. The first-order valence-electron chi connectivity index (χ1n) is 18.5. The van der Waals surface area contributed by atoms with Gasteiger partial charge in [-0.15, -0.1) is 0 Å². The first-order chi connectivity index (χ1) is 26.5. The summed E-state index contributed by atoms with van der Waals surface area (Å²) in [6.07, 6.45) is 1.19. The Bertz CT molecular complexity index is 1630. The molecule has 55 heavy (non-hydrogen) atoms. The van der Waals surface area contributed by atoms with E-state index >= 15 is 0 Å². The standard InChI is InChI=1S/C36H53N8O10P/c1-5-6-22-54-36(49)43-20-18-42(19-21-43)35(48)29(25-55(50,37-15-12-31(45)52-3)38-16-13-32(46)53-4)40-34(47)28-23-30(44-17-14-27(24-44)51-2)41-33(39-28)26-10-8-7-9-11-26/h7-11,23,27,29H,5-6,12-22,24-25H2,1-4H3,(H,40,47)(H2,37,38,50)/t27-,29?/m0/s1. The van der Waals surface area contributed by atoms with Gasteiger partial charge in [0.2, 0.25) is 13.4 Å². The maximum Gasteiger partial charge on any atom is 0.409 e. The molecule has 3 N–H and O–H groups in total. The molecule has 3 heterocycles. The van der Waals surface area contributed by atoms with E-state index in [4.69, 9.17) is 23.9 Å². The van der Waals surface area contributed by atoms with Crippen LogP contribution in [0, 0.1) is 0 Å². The van der Waals surface area contributed by atoms with Crippen LogP contribution in [0.2, 0.25) is 0 Å². The molecule has 2 aliphatic rings. The number of ether oxygens (including phenoxy) is 4. The van der Waals surface area contributed by atoms with Crippen LogP contribution in [-0.2, 0) is 37.9 Å². The third-order valence-electron chi connectivity index (χ3n) is 9.24. The molecule has 1 unspecified atom stereocenters. The summed E-state index contributed by atoms with van der Waals surface area (Å²) in [6, 6.07) is 9.34. The Labute approximate surface area is 321 Å². The molecule has 2 aromatic rings. The van der Waals surface area contributed by atoms with Crippen molar-refractivity contribution >= 4 is 43.1 Å². The monoisotopic (exact) mass is 788 g/mol. The number of aromatic nitrogens is 2. The van der Waals surface area contributed by atoms with Gasteiger partial charge in [0.15, 0.2) is 5.82 Å². The quantitative estimate of drug-likeness (QED) is 0.0805. The van der Waals surface area contributed by atoms with Gasteiger partial charge in [-0.25, -0.2) is 14.8 Å². The Hall–Kier alpha value is -4.64. The lowest BCUT2D eigenvalue weighted by atomic mass is 10.2. The molecular formula is C36H53N8O10P. The van der Waals surface area contributed by atoms with Crippen molar-refractivity contribution in [2.24, 2.45) is 0 Å². The van der Waals surface area contributed by atoms with E-state index in [1.807, 2.05) is 42.2 Å². The van der Waals surface area contributed by atoms with E-state index in [1.165, 1.54) is 24.0 Å². The number of carbonyl (C=O) groups excluding carboxylic acids is 5. The fourth-order valence-electron chi connectivity index (χ4n) is 6.02. The molecule has 4 rings (SSSR count). The van der Waals surface area contributed by atoms with Crippen LogP contribution in [0.3, 0.4) is 0 Å². The molecular weight excluding hydrogens is 735 g/mol. The summed E-state index contributed by atoms with van der Waals surface area (Å²) in [4.78, 5) is 79.3. The van der Waals surface area contributed by atoms with Crippen molar-refractivity contribution in [1.82, 2.24) is 35.3 Å². The molecule has 2 aliphatic heterocycles. The Balaban J connectivity index is 1.64. The lowest BCUT2D eigenvalue weighted by molar-refractivity contribution is -0.141. The molecule has 302 valence electrons. The first kappa shape index (κ1) is 43.1. The summed E-state index contributed by atoms with van der Waals surface area (Å²) in [5, 5.41) is 8.47. The van der Waals surface area contributed by atoms with Crippen LogP contribution in [0.1, 0.15) is 49.5 Å². The fourth-order valence-corrected chi connectivity index (χ4v) is 8.10. The molecule has 0 saturated carbocycles. The number of methoxy groups -OCH3 is 3. The van der Waals surface area contributed by atoms with Gasteiger partial charge in [-0.05, 0) is 12.8 Å². The summed E-state index contributed by atoms with van der Waals surface area (Å²) in [6.45, 7) is 3.97. The van der Waals surface area contributed by atoms with Crippen LogP contribution in [0.25, 0.3) is 11.4 Å². The van der Waals surface area contributed by atoms with Crippen molar-refractivity contribution in [2.75, 3.05) is 91.4 Å². The summed E-state index contributed by atoms with van der Waals surface area (Å²) in [5.74, 6) is -1.56. The number of unbranched alkanes of at least 4 members (excludes halogenated alkanes) is 1. The number of piperazine rings is 1. The molecule has 0 bridgehead atoms. The fraction of sp³-hybridized carbons (Fsp3) is 0.583. The Morgan fingerprint density at radius 1 is 0.891 bits per heavy atom. The van der Waals surface area contributed by atoms with Gasteiger partial charge >= 0.3 is 18.0 Å². The van der Waals surface area contributed by atoms with Gasteiger partial charge in [-0.1, -0.05) is 43.7 Å². The largest absolute Gasteiger partial charge is 0.469 e. The SMILES string of the molecule is CCCCOC(=O)N1CCN(C(=O)C(CP(=O)(NCCC(=O)OC)NCCC(=O)OC)NC(=O)c2cc(N3CC[C@H](OC)C3)nc(-c3ccccc3)n2)CC1. The van der Waals surface area contributed by atoms with E-state index in [2.05, 4.69) is 20.5 Å². The Kier molecular flexibility index (Phi) is 16.8. The lowest BCUT2D eigenvalue weighted by Gasteiger charge is -2.36. The van der Waals surface area contributed by atoms with Crippen molar-refractivity contribution in [1.29, 1.82) is 0 Å². The maximum atomic E-state index is 14.5. The van der Waals surface area contributed by atoms with Crippen LogP contribution in [0.5, 0.6) is 0 Å². The van der Waals surface area contributed by atoms with E-state index in [9.17, 15) is 28.5 Å². The van der Waals surface area contributed by atoms with Gasteiger partial charge in [0.25, 0.3) is 5.91 Å². The molecule has 18 nitrogen and oxygen atoms in total. The second-order valence-electron chi connectivity index (χ2n) is 13.1. The number of nitrogens with zero attached hydrogens (tertiary/aromatic N) is 5. The van der Waals surface area contributed by atoms with Crippen LogP contribution in [0.4, 0.5) is 10.6 Å². The number of carbonyl (C=O) groups is 5. The van der Waals surface area contributed by atoms with Crippen molar-refractivity contribution in [3.8, 4) is 11.4 Å². The number of rotatable bonds is 19. The molecule has 0 spiro atoms. The third kappa shape index (κ3) is 13.0. The zero-order chi connectivity index (χ0) is 39.8. The topological polar surface area (TPSA) is 211 Å². The number of nitrogens with one attached hydrogen (secondary N) is 3. The van der Waals surface area contributed by atoms with Crippen molar-refractivity contribution in [3.05, 3.63) is 42.1 Å². The molecule has 3 amide bonds. The summed E-state index contributed by atoms with van der Waals surface area (Å²) in [7, 11) is 0.286. The average molecular weight is 789 g/mol. The molecule has 2 saturated heterocycles. The Morgan fingerprint density at radius 2 is 1.53 bits per heavy atom. The first-order valence-corrected chi connectivity index (χ1v) is 20.3. The van der Waals surface area contributed by atoms with E-state index in [1.54, 1.807) is 13.2 Å². The molecule has 0 radical (unpaired) electrons. The second-order valence-corrected chi connectivity index (χ2v) is 15.6. The minimum atomic E-state index is -3.82. The average Bonchev–Trinajstić information content (AvgIpc) is 3.70. The van der Waals surface area contributed by atoms with E-state index in [-0.39, 0.29) is 63.9 Å². The van der Waals surface area contributed by atoms with Gasteiger partial charge in [0.05, 0.1) is 45.9 Å². The van der Waals surface area contributed by atoms with Crippen LogP contribution < -0.4 is 20.4 Å². The molecule has 1 aromatic heterocycles. The zero-order valence-corrected chi connectivity index (χ0v) is 32.9. The number of hydrogen-bond acceptors (Lipinski definition) is 13. The number of amides is 3. The minimum Gasteiger partial charge on any atom is -0.469 e. The van der Waals surface area contributed by atoms with Gasteiger partial charge in [0, 0.05) is 71.1 Å². The highest BCUT2D eigenvalue weighted by atomic mass is 31.2. The van der Waals surface area contributed by atoms with E-state index in [0.717, 1.165) is 19.3 Å². The summed E-state index contributed by atoms with van der Waals surface area (Å²) >= 11 is 0. The van der Waals surface area contributed by atoms with Gasteiger partial charge < -0.3 is 39.0 Å². The Morgan fingerprint density at radius 3 is 2.11 bits per heavy atom. The van der Waals surface area contributed by atoms with Crippen molar-refractivity contribution in [2.45, 2.75) is 51.2 Å². The highest BCUT2D eigenvalue weighted by Crippen LogP contribution is 2.37. The third-order valence-corrected chi connectivity index (χ3v) is 11.6. The van der Waals surface area contributed by atoms with Gasteiger partial charge in [0.1, 0.15) is 17.6 Å². The zero-order valence-electron chi connectivity index (χ0n) is 32.0. The summed E-state index contributed by atoms with van der Waals surface area (Å²) < 4.78 is 34.8. The normalized spacial score (nSPS) is 16.4. The predicted octanol–water partition coefficient (Wildman–Crippen LogP) is 2.05.